The first-order valence-corrected chi connectivity index (χ1v) is 19.1. The fraction of sp³-hybridized carbons (Fsp3) is 0.0566. The molecule has 0 aliphatic heterocycles. The summed E-state index contributed by atoms with van der Waals surface area (Å²) in [5.74, 6) is 0. The van der Waals surface area contributed by atoms with Crippen molar-refractivity contribution in [3.8, 4) is 55.9 Å². The number of para-hydroxylation sites is 2. The first kappa shape index (κ1) is 31.6. The minimum atomic E-state index is -0.118. The van der Waals surface area contributed by atoms with Crippen molar-refractivity contribution >= 4 is 43.4 Å². The third-order valence-corrected chi connectivity index (χ3v) is 11.9. The molecule has 0 radical (unpaired) electrons. The van der Waals surface area contributed by atoms with Crippen molar-refractivity contribution in [2.45, 2.75) is 19.3 Å². The van der Waals surface area contributed by atoms with E-state index in [1.54, 1.807) is 0 Å². The monoisotopic (exact) mass is 700 g/mol. The maximum Gasteiger partial charge on any atom is 0.0985 e. The number of benzene rings is 9. The van der Waals surface area contributed by atoms with E-state index < -0.39 is 0 Å². The molecule has 1 heterocycles. The summed E-state index contributed by atoms with van der Waals surface area (Å²) < 4.78 is 0. The Morgan fingerprint density at radius 3 is 1.75 bits per heavy atom. The zero-order valence-electron chi connectivity index (χ0n) is 30.7. The Kier molecular flexibility index (Phi) is 6.93. The lowest BCUT2D eigenvalue weighted by Gasteiger charge is -2.23. The van der Waals surface area contributed by atoms with Crippen molar-refractivity contribution in [1.29, 1.82) is 0 Å². The molecule has 0 N–H and O–H groups in total. The summed E-state index contributed by atoms with van der Waals surface area (Å²) in [5, 5.41) is 7.19. The minimum absolute atomic E-state index is 0.118. The first-order valence-electron chi connectivity index (χ1n) is 19.1. The van der Waals surface area contributed by atoms with Gasteiger partial charge in [-0.15, -0.1) is 0 Å². The van der Waals surface area contributed by atoms with Gasteiger partial charge in [0.15, 0.2) is 0 Å². The molecule has 2 nitrogen and oxygen atoms in total. The van der Waals surface area contributed by atoms with Crippen LogP contribution in [0.3, 0.4) is 0 Å². The van der Waals surface area contributed by atoms with Gasteiger partial charge < -0.3 is 0 Å². The van der Waals surface area contributed by atoms with Crippen LogP contribution in [-0.4, -0.2) is 9.97 Å². The molecule has 0 spiro atoms. The summed E-state index contributed by atoms with van der Waals surface area (Å²) in [6.45, 7) is 4.73. The standard InChI is InChI=1S/C53H36N2/c1-53(2)45-24-11-10-20-39(45)40-29-28-36(32-46(40)53)49-41-21-8-9-22-42(41)50(52-51(34-16-4-3-5-17-34)54-47-25-12-13-26-48(47)55-52)43-30-27-35(31-44(43)49)38-23-14-18-33-15-6-7-19-37(33)38/h3-32H,1-2H3. The molecule has 0 saturated heterocycles. The molecule has 9 aromatic carbocycles. The van der Waals surface area contributed by atoms with Gasteiger partial charge >= 0.3 is 0 Å². The van der Waals surface area contributed by atoms with Crippen LogP contribution in [0.15, 0.2) is 182 Å². The highest BCUT2D eigenvalue weighted by atomic mass is 14.8. The van der Waals surface area contributed by atoms with E-state index >= 15 is 0 Å². The lowest BCUT2D eigenvalue weighted by Crippen LogP contribution is -2.14. The van der Waals surface area contributed by atoms with Crippen LogP contribution in [0, 0.1) is 0 Å². The van der Waals surface area contributed by atoms with E-state index in [-0.39, 0.29) is 5.41 Å². The molecule has 2 heteroatoms. The van der Waals surface area contributed by atoms with Crippen LogP contribution in [0.1, 0.15) is 25.0 Å². The fourth-order valence-corrected chi connectivity index (χ4v) is 9.22. The Labute approximate surface area is 320 Å². The molecule has 258 valence electrons. The summed E-state index contributed by atoms with van der Waals surface area (Å²) in [6, 6.07) is 66.0. The van der Waals surface area contributed by atoms with Gasteiger partial charge in [-0.25, -0.2) is 9.97 Å². The number of nitrogens with zero attached hydrogens (tertiary/aromatic N) is 2. The molecule has 0 fully saturated rings. The van der Waals surface area contributed by atoms with Crippen molar-refractivity contribution in [1.82, 2.24) is 9.97 Å². The summed E-state index contributed by atoms with van der Waals surface area (Å²) in [6.07, 6.45) is 0. The molecule has 1 aliphatic carbocycles. The van der Waals surface area contributed by atoms with Crippen LogP contribution in [0.5, 0.6) is 0 Å². The van der Waals surface area contributed by atoms with Crippen LogP contribution in [-0.2, 0) is 5.41 Å². The third-order valence-electron chi connectivity index (χ3n) is 11.9. The number of aromatic nitrogens is 2. The van der Waals surface area contributed by atoms with E-state index in [1.165, 1.54) is 66.1 Å². The second kappa shape index (κ2) is 12.1. The second-order valence-corrected chi connectivity index (χ2v) is 15.3. The molecule has 1 aromatic heterocycles. The quantitative estimate of drug-likeness (QED) is 0.171. The Bertz CT molecular complexity index is 3170. The lowest BCUT2D eigenvalue weighted by molar-refractivity contribution is 0.660. The van der Waals surface area contributed by atoms with Gasteiger partial charge in [-0.3, -0.25) is 0 Å². The van der Waals surface area contributed by atoms with E-state index in [0.717, 1.165) is 44.3 Å². The Morgan fingerprint density at radius 1 is 0.345 bits per heavy atom. The van der Waals surface area contributed by atoms with Crippen LogP contribution < -0.4 is 0 Å². The van der Waals surface area contributed by atoms with Crippen molar-refractivity contribution < 1.29 is 0 Å². The van der Waals surface area contributed by atoms with Gasteiger partial charge in [0, 0.05) is 16.5 Å². The van der Waals surface area contributed by atoms with E-state index in [4.69, 9.17) is 9.97 Å². The van der Waals surface area contributed by atoms with Gasteiger partial charge in [-0.1, -0.05) is 172 Å². The molecular weight excluding hydrogens is 665 g/mol. The predicted octanol–water partition coefficient (Wildman–Crippen LogP) is 14.1. The van der Waals surface area contributed by atoms with Crippen molar-refractivity contribution in [2.24, 2.45) is 0 Å². The summed E-state index contributed by atoms with van der Waals surface area (Å²) >= 11 is 0. The Morgan fingerprint density at radius 2 is 0.927 bits per heavy atom. The maximum atomic E-state index is 5.47. The Hall–Kier alpha value is -6.90. The van der Waals surface area contributed by atoms with Gasteiger partial charge in [0.25, 0.3) is 0 Å². The largest absolute Gasteiger partial charge is 0.244 e. The highest BCUT2D eigenvalue weighted by Gasteiger charge is 2.35. The van der Waals surface area contributed by atoms with Gasteiger partial charge in [0.2, 0.25) is 0 Å². The number of rotatable bonds is 4. The van der Waals surface area contributed by atoms with Crippen LogP contribution in [0.25, 0.3) is 99.2 Å². The molecule has 0 atom stereocenters. The Balaban J connectivity index is 1.27. The molecule has 0 amide bonds. The summed E-state index contributed by atoms with van der Waals surface area (Å²) in [5.41, 5.74) is 15.8. The lowest BCUT2D eigenvalue weighted by atomic mass is 9.80. The molecular formula is C53H36N2. The summed E-state index contributed by atoms with van der Waals surface area (Å²) in [7, 11) is 0. The van der Waals surface area contributed by atoms with Gasteiger partial charge in [0.1, 0.15) is 0 Å². The number of fused-ring (bicyclic) bond motifs is 7. The van der Waals surface area contributed by atoms with Crippen molar-refractivity contribution in [2.75, 3.05) is 0 Å². The average Bonchev–Trinajstić information content (AvgIpc) is 3.47. The highest BCUT2D eigenvalue weighted by molar-refractivity contribution is 6.23. The number of hydrogen-bond donors (Lipinski definition) is 0. The zero-order chi connectivity index (χ0) is 36.7. The van der Waals surface area contributed by atoms with E-state index in [1.807, 2.05) is 12.1 Å². The molecule has 55 heavy (non-hydrogen) atoms. The molecule has 11 rings (SSSR count). The van der Waals surface area contributed by atoms with Crippen LogP contribution in [0.2, 0.25) is 0 Å². The zero-order valence-corrected chi connectivity index (χ0v) is 30.7. The van der Waals surface area contributed by atoms with Gasteiger partial charge in [0.05, 0.1) is 22.4 Å². The minimum Gasteiger partial charge on any atom is -0.244 e. The smallest absolute Gasteiger partial charge is 0.0985 e. The van der Waals surface area contributed by atoms with Crippen LogP contribution >= 0.6 is 0 Å². The van der Waals surface area contributed by atoms with E-state index in [2.05, 4.69) is 184 Å². The molecule has 0 unspecified atom stereocenters. The second-order valence-electron chi connectivity index (χ2n) is 15.3. The van der Waals surface area contributed by atoms with Crippen LogP contribution in [0.4, 0.5) is 0 Å². The topological polar surface area (TPSA) is 25.8 Å². The normalized spacial score (nSPS) is 13.1. The number of hydrogen-bond acceptors (Lipinski definition) is 2. The van der Waals surface area contributed by atoms with E-state index in [9.17, 15) is 0 Å². The molecule has 1 aliphatic rings. The molecule has 0 saturated carbocycles. The SMILES string of the molecule is CC1(C)c2ccccc2-c2ccc(-c3c4ccccc4c(-c4nc5ccccc5nc4-c4ccccc4)c4ccc(-c5cccc6ccccc56)cc34)cc21. The fourth-order valence-electron chi connectivity index (χ4n) is 9.22. The first-order chi connectivity index (χ1) is 27.0. The van der Waals surface area contributed by atoms with E-state index in [0.29, 0.717) is 0 Å². The third kappa shape index (κ3) is 4.81. The highest BCUT2D eigenvalue weighted by Crippen LogP contribution is 2.52. The van der Waals surface area contributed by atoms with Crippen molar-refractivity contribution in [3.63, 3.8) is 0 Å². The predicted molar refractivity (Wildman–Crippen MR) is 231 cm³/mol. The van der Waals surface area contributed by atoms with Crippen molar-refractivity contribution in [3.05, 3.63) is 193 Å². The van der Waals surface area contributed by atoms with Gasteiger partial charge in [-0.2, -0.15) is 0 Å². The van der Waals surface area contributed by atoms with Gasteiger partial charge in [-0.05, 0) is 101 Å². The maximum absolute atomic E-state index is 5.47. The molecule has 10 aromatic rings. The average molecular weight is 701 g/mol. The summed E-state index contributed by atoms with van der Waals surface area (Å²) in [4.78, 5) is 10.8. The molecule has 0 bridgehead atoms.